The fourth-order valence-electron chi connectivity index (χ4n) is 4.37. The zero-order valence-electron chi connectivity index (χ0n) is 18.7. The number of amides is 2. The SMILES string of the molecule is O=C(NC[C@@H](c1ccc(F)cc1)N1CCOCC1)N1CCN(c2cccc(C(F)(F)F)c2)CC1. The molecular weight excluding hydrogens is 452 g/mol. The van der Waals surface area contributed by atoms with E-state index in [0.29, 0.717) is 64.7 Å². The fourth-order valence-corrected chi connectivity index (χ4v) is 4.37. The number of carbonyl (C=O) groups is 1. The number of hydrogen-bond acceptors (Lipinski definition) is 4. The number of urea groups is 1. The first-order valence-electron chi connectivity index (χ1n) is 11.3. The zero-order chi connectivity index (χ0) is 24.1. The van der Waals surface area contributed by atoms with Crippen LogP contribution in [0.25, 0.3) is 0 Å². The summed E-state index contributed by atoms with van der Waals surface area (Å²) in [5.41, 5.74) is 0.733. The van der Waals surface area contributed by atoms with Crippen molar-refractivity contribution in [1.29, 1.82) is 0 Å². The molecule has 0 spiro atoms. The quantitative estimate of drug-likeness (QED) is 0.663. The Labute approximate surface area is 196 Å². The highest BCUT2D eigenvalue weighted by Gasteiger charge is 2.31. The van der Waals surface area contributed by atoms with Gasteiger partial charge in [0.1, 0.15) is 5.82 Å². The van der Waals surface area contributed by atoms with Gasteiger partial charge in [-0.05, 0) is 35.9 Å². The van der Waals surface area contributed by atoms with Gasteiger partial charge in [-0.25, -0.2) is 9.18 Å². The number of benzene rings is 2. The third-order valence-electron chi connectivity index (χ3n) is 6.29. The number of carbonyl (C=O) groups excluding carboxylic acids is 1. The van der Waals surface area contributed by atoms with E-state index in [0.717, 1.165) is 17.7 Å². The first-order valence-corrected chi connectivity index (χ1v) is 11.3. The summed E-state index contributed by atoms with van der Waals surface area (Å²) in [6.07, 6.45) is -4.39. The first-order chi connectivity index (χ1) is 16.3. The first kappa shape index (κ1) is 24.3. The van der Waals surface area contributed by atoms with Crippen molar-refractivity contribution in [3.05, 3.63) is 65.5 Å². The minimum Gasteiger partial charge on any atom is -0.379 e. The molecule has 0 saturated carbocycles. The van der Waals surface area contributed by atoms with Gasteiger partial charge in [0.15, 0.2) is 0 Å². The van der Waals surface area contributed by atoms with Gasteiger partial charge in [0.25, 0.3) is 0 Å². The van der Waals surface area contributed by atoms with E-state index >= 15 is 0 Å². The minimum atomic E-state index is -4.39. The van der Waals surface area contributed by atoms with E-state index in [1.54, 1.807) is 23.1 Å². The molecule has 2 aromatic carbocycles. The Bertz CT molecular complexity index is 956. The van der Waals surface area contributed by atoms with Crippen molar-refractivity contribution in [3.63, 3.8) is 0 Å². The Balaban J connectivity index is 1.34. The van der Waals surface area contributed by atoms with Crippen LogP contribution in [0.4, 0.5) is 28.0 Å². The third-order valence-corrected chi connectivity index (χ3v) is 6.29. The molecule has 2 aliphatic rings. The van der Waals surface area contributed by atoms with E-state index in [-0.39, 0.29) is 17.9 Å². The molecule has 0 aliphatic carbocycles. The van der Waals surface area contributed by atoms with Gasteiger partial charge in [-0.2, -0.15) is 13.2 Å². The fraction of sp³-hybridized carbons (Fsp3) is 0.458. The van der Waals surface area contributed by atoms with Crippen LogP contribution in [-0.2, 0) is 10.9 Å². The van der Waals surface area contributed by atoms with Crippen molar-refractivity contribution in [3.8, 4) is 0 Å². The molecule has 2 amide bonds. The lowest BCUT2D eigenvalue weighted by atomic mass is 10.0. The highest BCUT2D eigenvalue weighted by atomic mass is 19.4. The minimum absolute atomic E-state index is 0.111. The molecule has 2 aromatic rings. The molecule has 184 valence electrons. The molecular formula is C24H28F4N4O2. The van der Waals surface area contributed by atoms with Gasteiger partial charge < -0.3 is 19.9 Å². The number of anilines is 1. The zero-order valence-corrected chi connectivity index (χ0v) is 18.7. The highest BCUT2D eigenvalue weighted by Crippen LogP contribution is 2.32. The van der Waals surface area contributed by atoms with Crippen LogP contribution in [0.15, 0.2) is 48.5 Å². The topological polar surface area (TPSA) is 48.1 Å². The molecule has 10 heteroatoms. The molecule has 2 heterocycles. The maximum Gasteiger partial charge on any atom is 0.416 e. The molecule has 0 aromatic heterocycles. The van der Waals surface area contributed by atoms with Crippen LogP contribution in [0.3, 0.4) is 0 Å². The van der Waals surface area contributed by atoms with Crippen LogP contribution in [0.5, 0.6) is 0 Å². The maximum atomic E-state index is 13.4. The van der Waals surface area contributed by atoms with E-state index in [9.17, 15) is 22.4 Å². The van der Waals surface area contributed by atoms with Crippen molar-refractivity contribution in [2.45, 2.75) is 12.2 Å². The maximum absolute atomic E-state index is 13.4. The Kier molecular flexibility index (Phi) is 7.57. The smallest absolute Gasteiger partial charge is 0.379 e. The molecule has 0 bridgehead atoms. The molecule has 2 aliphatic heterocycles. The number of morpholine rings is 1. The summed E-state index contributed by atoms with van der Waals surface area (Å²) in [6, 6.07) is 11.2. The normalized spacial score (nSPS) is 18.6. The van der Waals surface area contributed by atoms with Crippen LogP contribution in [0, 0.1) is 5.82 Å². The van der Waals surface area contributed by atoms with Crippen LogP contribution >= 0.6 is 0 Å². The predicted molar refractivity (Wildman–Crippen MR) is 120 cm³/mol. The van der Waals surface area contributed by atoms with Gasteiger partial charge in [0.05, 0.1) is 24.8 Å². The Morgan fingerprint density at radius 3 is 2.29 bits per heavy atom. The average Bonchev–Trinajstić information content (AvgIpc) is 2.85. The van der Waals surface area contributed by atoms with Crippen molar-refractivity contribution < 1.29 is 27.1 Å². The molecule has 0 radical (unpaired) electrons. The lowest BCUT2D eigenvalue weighted by molar-refractivity contribution is -0.137. The number of halogens is 4. The Morgan fingerprint density at radius 1 is 0.971 bits per heavy atom. The van der Waals surface area contributed by atoms with Gasteiger partial charge >= 0.3 is 12.2 Å². The molecule has 2 saturated heterocycles. The van der Waals surface area contributed by atoms with Gasteiger partial charge in [-0.15, -0.1) is 0 Å². The van der Waals surface area contributed by atoms with Crippen molar-refractivity contribution >= 4 is 11.7 Å². The lowest BCUT2D eigenvalue weighted by Crippen LogP contribution is -2.53. The summed E-state index contributed by atoms with van der Waals surface area (Å²) >= 11 is 0. The summed E-state index contributed by atoms with van der Waals surface area (Å²) in [6.45, 7) is 4.69. The molecule has 4 rings (SSSR count). The molecule has 34 heavy (non-hydrogen) atoms. The van der Waals surface area contributed by atoms with Crippen LogP contribution in [-0.4, -0.2) is 74.9 Å². The lowest BCUT2D eigenvalue weighted by Gasteiger charge is -2.38. The molecule has 6 nitrogen and oxygen atoms in total. The predicted octanol–water partition coefficient (Wildman–Crippen LogP) is 3.75. The second-order valence-electron chi connectivity index (χ2n) is 8.42. The Morgan fingerprint density at radius 2 is 1.65 bits per heavy atom. The van der Waals surface area contributed by atoms with E-state index in [2.05, 4.69) is 10.2 Å². The number of rotatable bonds is 5. The van der Waals surface area contributed by atoms with Gasteiger partial charge in [0.2, 0.25) is 0 Å². The van der Waals surface area contributed by atoms with Crippen LogP contribution in [0.2, 0.25) is 0 Å². The summed E-state index contributed by atoms with van der Waals surface area (Å²) in [5, 5.41) is 2.99. The second-order valence-corrected chi connectivity index (χ2v) is 8.42. The third kappa shape index (κ3) is 5.98. The molecule has 1 atom stereocenters. The summed E-state index contributed by atoms with van der Waals surface area (Å²) < 4.78 is 57.9. The number of ether oxygens (including phenoxy) is 1. The van der Waals surface area contributed by atoms with E-state index < -0.39 is 11.7 Å². The standard InChI is InChI=1S/C24H28F4N4O2/c25-20-6-4-18(5-7-20)22(31-12-14-34-15-13-31)17-29-23(33)32-10-8-30(9-11-32)21-3-1-2-19(16-21)24(26,27)28/h1-7,16,22H,8-15,17H2,(H,29,33)/t22-/m0/s1. The summed E-state index contributed by atoms with van der Waals surface area (Å²) in [4.78, 5) is 18.6. The monoisotopic (exact) mass is 480 g/mol. The number of alkyl halides is 3. The van der Waals surface area contributed by atoms with E-state index in [4.69, 9.17) is 4.74 Å². The second kappa shape index (κ2) is 10.6. The van der Waals surface area contributed by atoms with Crippen molar-refractivity contribution in [1.82, 2.24) is 15.1 Å². The largest absolute Gasteiger partial charge is 0.416 e. The van der Waals surface area contributed by atoms with Crippen molar-refractivity contribution in [2.75, 3.05) is 63.9 Å². The highest BCUT2D eigenvalue weighted by molar-refractivity contribution is 5.74. The number of nitrogens with one attached hydrogen (secondary N) is 1. The van der Waals surface area contributed by atoms with Gasteiger partial charge in [-0.3, -0.25) is 4.90 Å². The number of nitrogens with zero attached hydrogens (tertiary/aromatic N) is 3. The summed E-state index contributed by atoms with van der Waals surface area (Å²) in [5.74, 6) is -0.313. The van der Waals surface area contributed by atoms with Crippen molar-refractivity contribution in [2.24, 2.45) is 0 Å². The average molecular weight is 481 g/mol. The molecule has 1 N–H and O–H groups in total. The van der Waals surface area contributed by atoms with Crippen LogP contribution in [0.1, 0.15) is 17.2 Å². The number of hydrogen-bond donors (Lipinski definition) is 1. The van der Waals surface area contributed by atoms with Gasteiger partial charge in [-0.1, -0.05) is 18.2 Å². The molecule has 2 fully saturated rings. The Hall–Kier alpha value is -2.85. The summed E-state index contributed by atoms with van der Waals surface area (Å²) in [7, 11) is 0. The van der Waals surface area contributed by atoms with E-state index in [1.165, 1.54) is 18.2 Å². The number of piperazine rings is 1. The van der Waals surface area contributed by atoms with E-state index in [1.807, 2.05) is 4.90 Å². The molecule has 0 unspecified atom stereocenters. The van der Waals surface area contributed by atoms with Crippen LogP contribution < -0.4 is 10.2 Å². The van der Waals surface area contributed by atoms with Gasteiger partial charge in [0, 0.05) is 51.5 Å².